The van der Waals surface area contributed by atoms with Gasteiger partial charge < -0.3 is 11.1 Å². The summed E-state index contributed by atoms with van der Waals surface area (Å²) in [5.41, 5.74) is 12.7. The van der Waals surface area contributed by atoms with Crippen molar-refractivity contribution in [1.29, 1.82) is 0 Å². The molecule has 0 saturated carbocycles. The van der Waals surface area contributed by atoms with Crippen molar-refractivity contribution in [2.24, 2.45) is 0 Å². The molecule has 0 bridgehead atoms. The molecule has 0 spiro atoms. The van der Waals surface area contributed by atoms with Gasteiger partial charge in [0.25, 0.3) is 5.91 Å². The summed E-state index contributed by atoms with van der Waals surface area (Å²) in [7, 11) is 0. The number of pyridine rings is 1. The number of aryl methyl sites for hydroxylation is 1. The van der Waals surface area contributed by atoms with Crippen molar-refractivity contribution in [1.82, 2.24) is 4.98 Å². The first-order valence-corrected chi connectivity index (χ1v) is 12.5. The van der Waals surface area contributed by atoms with E-state index in [0.717, 1.165) is 33.3 Å². The van der Waals surface area contributed by atoms with Crippen LogP contribution in [0, 0.1) is 6.92 Å². The zero-order chi connectivity index (χ0) is 25.4. The van der Waals surface area contributed by atoms with Crippen LogP contribution in [0.3, 0.4) is 0 Å². The molecule has 2 heterocycles. The molecule has 178 valence electrons. The quantitative estimate of drug-likeness (QED) is 0.237. The Morgan fingerprint density at radius 1 is 0.944 bits per heavy atom. The molecule has 3 aromatic carbocycles. The Labute approximate surface area is 217 Å². The number of anilines is 2. The number of hydrogen-bond donors (Lipinski definition) is 2. The van der Waals surface area contributed by atoms with Gasteiger partial charge in [0.15, 0.2) is 5.78 Å². The van der Waals surface area contributed by atoms with Crippen LogP contribution < -0.4 is 11.1 Å². The second-order valence-corrected chi connectivity index (χ2v) is 9.98. The molecular weight excluding hydrogens is 490 g/mol. The third-order valence-corrected chi connectivity index (χ3v) is 7.28. The normalized spacial score (nSPS) is 11.0. The number of nitrogens with two attached hydrogens (primary N) is 1. The molecule has 0 radical (unpaired) electrons. The lowest BCUT2D eigenvalue weighted by molar-refractivity contribution is 0.101. The van der Waals surface area contributed by atoms with E-state index in [4.69, 9.17) is 22.3 Å². The summed E-state index contributed by atoms with van der Waals surface area (Å²) in [6.45, 7) is 3.52. The predicted octanol–water partition coefficient (Wildman–Crippen LogP) is 7.63. The van der Waals surface area contributed by atoms with Gasteiger partial charge in [0.1, 0.15) is 9.71 Å². The number of nitrogens with one attached hydrogen (secondary N) is 1. The number of rotatable bonds is 5. The lowest BCUT2D eigenvalue weighted by Crippen LogP contribution is -2.12. The highest BCUT2D eigenvalue weighted by atomic mass is 35.5. The first-order chi connectivity index (χ1) is 17.3. The predicted molar refractivity (Wildman–Crippen MR) is 149 cm³/mol. The van der Waals surface area contributed by atoms with Gasteiger partial charge in [0.05, 0.1) is 11.4 Å². The molecule has 36 heavy (non-hydrogen) atoms. The number of nitrogens with zero attached hydrogens (tertiary/aromatic N) is 1. The van der Waals surface area contributed by atoms with E-state index in [2.05, 4.69) is 5.32 Å². The Hall–Kier alpha value is -4.00. The summed E-state index contributed by atoms with van der Waals surface area (Å²) in [6.07, 6.45) is 0. The smallest absolute Gasteiger partial charge is 0.267 e. The van der Waals surface area contributed by atoms with E-state index in [-0.39, 0.29) is 11.7 Å². The van der Waals surface area contributed by atoms with E-state index in [0.29, 0.717) is 31.7 Å². The molecule has 0 aliphatic heterocycles. The Morgan fingerprint density at radius 2 is 1.64 bits per heavy atom. The molecule has 5 rings (SSSR count). The zero-order valence-electron chi connectivity index (χ0n) is 19.6. The number of thiophene rings is 1. The second-order valence-electron chi connectivity index (χ2n) is 8.54. The molecule has 2 aromatic heterocycles. The molecule has 0 aliphatic rings. The Morgan fingerprint density at radius 3 is 2.33 bits per heavy atom. The van der Waals surface area contributed by atoms with E-state index in [1.807, 2.05) is 61.5 Å². The summed E-state index contributed by atoms with van der Waals surface area (Å²) in [5, 5.41) is 4.22. The van der Waals surface area contributed by atoms with Crippen LogP contribution in [0.25, 0.3) is 32.6 Å². The molecule has 5 nitrogen and oxygen atoms in total. The topological polar surface area (TPSA) is 85.1 Å². The number of benzene rings is 3. The number of nitrogen functional groups attached to an aromatic ring is 1. The number of fused-ring (bicyclic) bond motifs is 1. The molecule has 7 heteroatoms. The van der Waals surface area contributed by atoms with Crippen LogP contribution >= 0.6 is 22.9 Å². The fourth-order valence-electron chi connectivity index (χ4n) is 4.02. The van der Waals surface area contributed by atoms with E-state index < -0.39 is 0 Å². The number of aromatic nitrogens is 1. The number of hydrogen-bond acceptors (Lipinski definition) is 5. The maximum Gasteiger partial charge on any atom is 0.267 e. The minimum absolute atomic E-state index is 0.0760. The molecular formula is C29H22ClN3O2S. The number of amides is 1. The van der Waals surface area contributed by atoms with Gasteiger partial charge in [-0.05, 0) is 55.3 Å². The average Bonchev–Trinajstić information content (AvgIpc) is 3.21. The molecule has 0 aliphatic carbocycles. The molecule has 0 saturated heterocycles. The van der Waals surface area contributed by atoms with Gasteiger partial charge in [0, 0.05) is 27.2 Å². The van der Waals surface area contributed by atoms with Gasteiger partial charge >= 0.3 is 0 Å². The molecule has 3 N–H and O–H groups in total. The summed E-state index contributed by atoms with van der Waals surface area (Å²) in [5.74, 6) is -0.428. The summed E-state index contributed by atoms with van der Waals surface area (Å²) in [4.78, 5) is 30.9. The third-order valence-electron chi connectivity index (χ3n) is 5.93. The second kappa shape index (κ2) is 9.57. The standard InChI is InChI=1S/C29H22ClN3O2S/c1-16-6-8-19(9-7-16)24-15-23(18-10-12-21(30)13-11-18)25-26(31)27(36-29(25)33-24)28(35)32-22-5-3-4-20(14-22)17(2)34/h3-15H,31H2,1-2H3,(H,32,35). The minimum Gasteiger partial charge on any atom is -0.397 e. The number of halogens is 1. The van der Waals surface area contributed by atoms with Gasteiger partial charge in [-0.1, -0.05) is 65.7 Å². The van der Waals surface area contributed by atoms with Gasteiger partial charge in [-0.15, -0.1) is 11.3 Å². The molecule has 5 aromatic rings. The fourth-order valence-corrected chi connectivity index (χ4v) is 5.16. The van der Waals surface area contributed by atoms with Gasteiger partial charge in [-0.2, -0.15) is 0 Å². The zero-order valence-corrected chi connectivity index (χ0v) is 21.2. The van der Waals surface area contributed by atoms with Crippen LogP contribution in [-0.2, 0) is 0 Å². The lowest BCUT2D eigenvalue weighted by Gasteiger charge is -2.09. The van der Waals surface area contributed by atoms with Gasteiger partial charge in [-0.25, -0.2) is 4.98 Å². The maximum atomic E-state index is 13.3. The van der Waals surface area contributed by atoms with E-state index in [1.54, 1.807) is 24.3 Å². The van der Waals surface area contributed by atoms with E-state index in [9.17, 15) is 9.59 Å². The van der Waals surface area contributed by atoms with E-state index >= 15 is 0 Å². The first-order valence-electron chi connectivity index (χ1n) is 11.3. The molecule has 1 amide bonds. The van der Waals surface area contributed by atoms with Crippen molar-refractivity contribution in [3.63, 3.8) is 0 Å². The van der Waals surface area contributed by atoms with Crippen LogP contribution in [0.1, 0.15) is 32.5 Å². The number of carbonyl (C=O) groups excluding carboxylic acids is 2. The molecule has 0 fully saturated rings. The van der Waals surface area contributed by atoms with Crippen LogP contribution in [-0.4, -0.2) is 16.7 Å². The highest BCUT2D eigenvalue weighted by molar-refractivity contribution is 7.21. The summed E-state index contributed by atoms with van der Waals surface area (Å²) >= 11 is 7.38. The molecule has 0 unspecified atom stereocenters. The minimum atomic E-state index is -0.352. The number of ketones is 1. The van der Waals surface area contributed by atoms with Crippen LogP contribution in [0.5, 0.6) is 0 Å². The Kier molecular flexibility index (Phi) is 6.31. The monoisotopic (exact) mass is 511 g/mol. The highest BCUT2D eigenvalue weighted by Gasteiger charge is 2.22. The van der Waals surface area contributed by atoms with Crippen molar-refractivity contribution < 1.29 is 9.59 Å². The number of carbonyl (C=O) groups is 2. The number of Topliss-reactive ketones (excluding diaryl/α,β-unsaturated/α-hetero) is 1. The van der Waals surface area contributed by atoms with Gasteiger partial charge in [-0.3, -0.25) is 9.59 Å². The summed E-state index contributed by atoms with van der Waals surface area (Å²) < 4.78 is 0. The Balaban J connectivity index is 1.64. The van der Waals surface area contributed by atoms with Crippen LogP contribution in [0.2, 0.25) is 5.02 Å². The highest BCUT2D eigenvalue weighted by Crippen LogP contribution is 2.41. The third kappa shape index (κ3) is 4.61. The first kappa shape index (κ1) is 23.7. The fraction of sp³-hybridized carbons (Fsp3) is 0.0690. The maximum absolute atomic E-state index is 13.3. The van der Waals surface area contributed by atoms with Crippen molar-refractivity contribution in [2.45, 2.75) is 13.8 Å². The largest absolute Gasteiger partial charge is 0.397 e. The summed E-state index contributed by atoms with van der Waals surface area (Å²) in [6, 6.07) is 24.5. The lowest BCUT2D eigenvalue weighted by atomic mass is 9.99. The van der Waals surface area contributed by atoms with E-state index in [1.165, 1.54) is 18.3 Å². The van der Waals surface area contributed by atoms with Crippen molar-refractivity contribution >= 4 is 56.2 Å². The SMILES string of the molecule is CC(=O)c1cccc(NC(=O)c2sc3nc(-c4ccc(C)cc4)cc(-c4ccc(Cl)cc4)c3c2N)c1. The van der Waals surface area contributed by atoms with Crippen molar-refractivity contribution in [3.05, 3.63) is 99.9 Å². The average molecular weight is 512 g/mol. The van der Waals surface area contributed by atoms with Crippen LogP contribution in [0.15, 0.2) is 78.9 Å². The molecule has 0 atom stereocenters. The Bertz CT molecular complexity index is 1620. The van der Waals surface area contributed by atoms with Crippen LogP contribution in [0.4, 0.5) is 11.4 Å². The van der Waals surface area contributed by atoms with Crippen molar-refractivity contribution in [2.75, 3.05) is 11.1 Å². The van der Waals surface area contributed by atoms with Crippen molar-refractivity contribution in [3.8, 4) is 22.4 Å². The van der Waals surface area contributed by atoms with Gasteiger partial charge in [0.2, 0.25) is 0 Å².